The van der Waals surface area contributed by atoms with Crippen molar-refractivity contribution in [3.05, 3.63) is 105 Å². The van der Waals surface area contributed by atoms with E-state index in [1.165, 1.54) is 5.56 Å². The van der Waals surface area contributed by atoms with Crippen molar-refractivity contribution in [1.29, 1.82) is 0 Å². The van der Waals surface area contributed by atoms with E-state index in [-0.39, 0.29) is 30.8 Å². The van der Waals surface area contributed by atoms with E-state index in [2.05, 4.69) is 5.32 Å². The Morgan fingerprint density at radius 1 is 0.889 bits per heavy atom. The third-order valence-electron chi connectivity index (χ3n) is 6.41. The van der Waals surface area contributed by atoms with Crippen molar-refractivity contribution < 1.29 is 9.59 Å². The molecule has 0 fully saturated rings. The SMILES string of the molecule is CCC(C)NC(=O)C(Cc1ccccc1)N(Cc1c(Cl)cccc1Cl)C(=O)CCc1ccc(C)cc1. The molecule has 3 aromatic carbocycles. The normalized spacial score (nSPS) is 12.6. The highest BCUT2D eigenvalue weighted by Crippen LogP contribution is 2.27. The second-order valence-corrected chi connectivity index (χ2v) is 10.0. The van der Waals surface area contributed by atoms with Crippen molar-refractivity contribution in [2.45, 2.75) is 65.1 Å². The Bertz CT molecular complexity index is 1130. The van der Waals surface area contributed by atoms with E-state index in [1.807, 2.05) is 75.4 Å². The molecule has 2 amide bonds. The summed E-state index contributed by atoms with van der Waals surface area (Å²) >= 11 is 13.0. The molecule has 0 radical (unpaired) electrons. The molecule has 36 heavy (non-hydrogen) atoms. The summed E-state index contributed by atoms with van der Waals surface area (Å²) in [5, 5.41) is 4.03. The average Bonchev–Trinajstić information content (AvgIpc) is 2.87. The smallest absolute Gasteiger partial charge is 0.243 e. The molecule has 2 atom stereocenters. The van der Waals surface area contributed by atoms with Gasteiger partial charge in [0.2, 0.25) is 11.8 Å². The minimum absolute atomic E-state index is 0.0100. The first-order valence-corrected chi connectivity index (χ1v) is 13.2. The molecule has 0 spiro atoms. The molecular weight excluding hydrogens is 491 g/mol. The molecule has 0 heterocycles. The Morgan fingerprint density at radius 2 is 1.53 bits per heavy atom. The first kappa shape index (κ1) is 27.8. The van der Waals surface area contributed by atoms with Gasteiger partial charge in [0.25, 0.3) is 0 Å². The number of carbonyl (C=O) groups is 2. The van der Waals surface area contributed by atoms with Crippen LogP contribution in [-0.4, -0.2) is 28.8 Å². The van der Waals surface area contributed by atoms with E-state index in [0.29, 0.717) is 28.5 Å². The standard InChI is InChI=1S/C30H34Cl2N2O2/c1-4-22(3)33-30(36)28(19-24-9-6-5-7-10-24)34(20-25-26(31)11-8-12-27(25)32)29(35)18-17-23-15-13-21(2)14-16-23/h5-16,22,28H,4,17-20H2,1-3H3,(H,33,36). The van der Waals surface area contributed by atoms with Crippen molar-refractivity contribution in [2.75, 3.05) is 0 Å². The molecule has 0 aliphatic carbocycles. The van der Waals surface area contributed by atoms with Crippen LogP contribution in [0, 0.1) is 6.92 Å². The van der Waals surface area contributed by atoms with Gasteiger partial charge in [-0.2, -0.15) is 0 Å². The van der Waals surface area contributed by atoms with E-state index < -0.39 is 6.04 Å². The Hall–Kier alpha value is -2.82. The Morgan fingerprint density at radius 3 is 2.14 bits per heavy atom. The zero-order valence-electron chi connectivity index (χ0n) is 21.1. The van der Waals surface area contributed by atoms with Crippen LogP contribution in [0.1, 0.15) is 48.9 Å². The summed E-state index contributed by atoms with van der Waals surface area (Å²) in [6, 6.07) is 22.5. The monoisotopic (exact) mass is 524 g/mol. The van der Waals surface area contributed by atoms with Gasteiger partial charge in [0.1, 0.15) is 6.04 Å². The molecule has 190 valence electrons. The van der Waals surface area contributed by atoms with Crippen LogP contribution < -0.4 is 5.32 Å². The summed E-state index contributed by atoms with van der Waals surface area (Å²) in [7, 11) is 0. The first-order valence-electron chi connectivity index (χ1n) is 12.4. The van der Waals surface area contributed by atoms with Crippen LogP contribution in [0.2, 0.25) is 10.0 Å². The van der Waals surface area contributed by atoms with Crippen molar-refractivity contribution >= 4 is 35.0 Å². The maximum Gasteiger partial charge on any atom is 0.243 e. The molecule has 0 saturated carbocycles. The summed E-state index contributed by atoms with van der Waals surface area (Å²) in [5.74, 6) is -0.299. The number of hydrogen-bond donors (Lipinski definition) is 1. The highest BCUT2D eigenvalue weighted by atomic mass is 35.5. The van der Waals surface area contributed by atoms with E-state index in [0.717, 1.165) is 17.5 Å². The van der Waals surface area contributed by atoms with Crippen LogP contribution in [0.5, 0.6) is 0 Å². The van der Waals surface area contributed by atoms with Crippen LogP contribution in [0.25, 0.3) is 0 Å². The molecule has 0 aliphatic heterocycles. The zero-order valence-corrected chi connectivity index (χ0v) is 22.6. The molecule has 6 heteroatoms. The fourth-order valence-electron chi connectivity index (χ4n) is 4.00. The van der Waals surface area contributed by atoms with Crippen LogP contribution in [0.3, 0.4) is 0 Å². The van der Waals surface area contributed by atoms with Crippen LogP contribution in [0.15, 0.2) is 72.8 Å². The highest BCUT2D eigenvalue weighted by molar-refractivity contribution is 6.36. The predicted octanol–water partition coefficient (Wildman–Crippen LogP) is 6.79. The lowest BCUT2D eigenvalue weighted by atomic mass is 10.0. The van der Waals surface area contributed by atoms with Crippen LogP contribution in [-0.2, 0) is 29.0 Å². The number of rotatable bonds is 11. The van der Waals surface area contributed by atoms with Gasteiger partial charge in [0.15, 0.2) is 0 Å². The third kappa shape index (κ3) is 7.84. The second-order valence-electron chi connectivity index (χ2n) is 9.23. The second kappa shape index (κ2) is 13.5. The molecule has 1 N–H and O–H groups in total. The summed E-state index contributed by atoms with van der Waals surface area (Å²) in [6.45, 7) is 6.17. The van der Waals surface area contributed by atoms with Crippen LogP contribution in [0.4, 0.5) is 0 Å². The average molecular weight is 526 g/mol. The van der Waals surface area contributed by atoms with E-state index in [9.17, 15) is 9.59 Å². The highest BCUT2D eigenvalue weighted by Gasteiger charge is 2.31. The molecule has 2 unspecified atom stereocenters. The van der Waals surface area contributed by atoms with Gasteiger partial charge in [-0.15, -0.1) is 0 Å². The number of aryl methyl sites for hydroxylation is 2. The largest absolute Gasteiger partial charge is 0.352 e. The Balaban J connectivity index is 1.95. The fraction of sp³-hybridized carbons (Fsp3) is 0.333. The Labute approximate surface area is 224 Å². The Kier molecular flexibility index (Phi) is 10.4. The van der Waals surface area contributed by atoms with Crippen LogP contribution >= 0.6 is 23.2 Å². The van der Waals surface area contributed by atoms with Crippen molar-refractivity contribution in [2.24, 2.45) is 0 Å². The number of halogens is 2. The summed E-state index contributed by atoms with van der Waals surface area (Å²) < 4.78 is 0. The topological polar surface area (TPSA) is 49.4 Å². The van der Waals surface area contributed by atoms with E-state index in [4.69, 9.17) is 23.2 Å². The lowest BCUT2D eigenvalue weighted by Crippen LogP contribution is -2.52. The quantitative estimate of drug-likeness (QED) is 0.300. The van der Waals surface area contributed by atoms with Gasteiger partial charge in [-0.1, -0.05) is 96.4 Å². The number of nitrogens with zero attached hydrogens (tertiary/aromatic N) is 1. The number of amides is 2. The van der Waals surface area contributed by atoms with Crippen molar-refractivity contribution in [1.82, 2.24) is 10.2 Å². The maximum absolute atomic E-state index is 13.8. The molecule has 0 aliphatic rings. The first-order chi connectivity index (χ1) is 17.3. The molecular formula is C30H34Cl2N2O2. The summed E-state index contributed by atoms with van der Waals surface area (Å²) in [6.07, 6.45) is 2.03. The number of benzene rings is 3. The molecule has 3 aromatic rings. The number of hydrogen-bond acceptors (Lipinski definition) is 2. The van der Waals surface area contributed by atoms with Gasteiger partial charge in [-0.3, -0.25) is 9.59 Å². The van der Waals surface area contributed by atoms with Gasteiger partial charge in [-0.25, -0.2) is 0 Å². The summed E-state index contributed by atoms with van der Waals surface area (Å²) in [4.78, 5) is 29.0. The molecule has 0 saturated heterocycles. The summed E-state index contributed by atoms with van der Waals surface area (Å²) in [5.41, 5.74) is 3.86. The minimum atomic E-state index is -0.709. The maximum atomic E-state index is 13.8. The lowest BCUT2D eigenvalue weighted by molar-refractivity contribution is -0.141. The minimum Gasteiger partial charge on any atom is -0.352 e. The predicted molar refractivity (Wildman–Crippen MR) is 148 cm³/mol. The van der Waals surface area contributed by atoms with Gasteiger partial charge in [-0.05, 0) is 49.9 Å². The fourth-order valence-corrected chi connectivity index (χ4v) is 4.52. The lowest BCUT2D eigenvalue weighted by Gasteiger charge is -2.33. The zero-order chi connectivity index (χ0) is 26.1. The molecule has 0 bridgehead atoms. The van der Waals surface area contributed by atoms with Gasteiger partial charge in [0.05, 0.1) is 0 Å². The molecule has 3 rings (SSSR count). The number of carbonyl (C=O) groups excluding carboxylic acids is 2. The van der Waals surface area contributed by atoms with Gasteiger partial charge >= 0.3 is 0 Å². The molecule has 0 aromatic heterocycles. The van der Waals surface area contributed by atoms with Crippen molar-refractivity contribution in [3.8, 4) is 0 Å². The van der Waals surface area contributed by atoms with E-state index in [1.54, 1.807) is 23.1 Å². The third-order valence-corrected chi connectivity index (χ3v) is 7.12. The number of nitrogens with one attached hydrogen (secondary N) is 1. The van der Waals surface area contributed by atoms with E-state index >= 15 is 0 Å². The van der Waals surface area contributed by atoms with Gasteiger partial charge in [0, 0.05) is 41.0 Å². The van der Waals surface area contributed by atoms with Gasteiger partial charge < -0.3 is 10.2 Å². The molecule has 4 nitrogen and oxygen atoms in total. The van der Waals surface area contributed by atoms with Crippen molar-refractivity contribution in [3.63, 3.8) is 0 Å².